The van der Waals surface area contributed by atoms with Gasteiger partial charge >= 0.3 is 0 Å². The summed E-state index contributed by atoms with van der Waals surface area (Å²) in [5, 5.41) is 11.4. The van der Waals surface area contributed by atoms with E-state index in [2.05, 4.69) is 0 Å². The third-order valence-electron chi connectivity index (χ3n) is 6.20. The number of anilines is 1. The molecule has 2 aliphatic heterocycles. The number of hydrogen-bond donors (Lipinski definition) is 1. The summed E-state index contributed by atoms with van der Waals surface area (Å²) in [5.74, 6) is -0.155. The normalized spacial score (nSPS) is 19.4. The number of carbonyl (C=O) groups is 2. The molecule has 0 saturated carbocycles. The minimum Gasteiger partial charge on any atom is -0.507 e. The number of ketones is 1. The number of unbranched alkanes of at least 4 members (excludes halogenated alkanes) is 1. The molecule has 7 heteroatoms. The zero-order valence-corrected chi connectivity index (χ0v) is 20.2. The minimum atomic E-state index is -0.730. The van der Waals surface area contributed by atoms with Crippen LogP contribution in [0.3, 0.4) is 0 Å². The summed E-state index contributed by atoms with van der Waals surface area (Å²) in [5.41, 5.74) is 2.07. The van der Waals surface area contributed by atoms with Crippen LogP contribution in [0.25, 0.3) is 5.76 Å². The SMILES string of the molecule is CCCCN1C(=O)C(=O)/C(=C(/O)c2ccc3c(c2)N(C)CCO3)C1c1ccccc1OC(C)C. The lowest BCUT2D eigenvalue weighted by Gasteiger charge is -2.29. The van der Waals surface area contributed by atoms with Crippen molar-refractivity contribution in [1.29, 1.82) is 0 Å². The number of aliphatic hydroxyl groups excluding tert-OH is 1. The van der Waals surface area contributed by atoms with Crippen molar-refractivity contribution in [3.05, 3.63) is 59.2 Å². The molecule has 0 bridgehead atoms. The Morgan fingerprint density at radius 3 is 2.71 bits per heavy atom. The van der Waals surface area contributed by atoms with Crippen LogP contribution in [0.15, 0.2) is 48.0 Å². The third kappa shape index (κ3) is 4.34. The zero-order chi connectivity index (χ0) is 24.4. The van der Waals surface area contributed by atoms with Crippen molar-refractivity contribution in [2.45, 2.75) is 45.8 Å². The first-order chi connectivity index (χ1) is 16.3. The van der Waals surface area contributed by atoms with Gasteiger partial charge < -0.3 is 24.4 Å². The maximum atomic E-state index is 13.3. The zero-order valence-electron chi connectivity index (χ0n) is 20.2. The maximum absolute atomic E-state index is 13.3. The molecule has 0 aromatic heterocycles. The number of nitrogens with zero attached hydrogens (tertiary/aromatic N) is 2. The van der Waals surface area contributed by atoms with Crippen molar-refractivity contribution in [2.24, 2.45) is 0 Å². The number of para-hydroxylation sites is 1. The fraction of sp³-hybridized carbons (Fsp3) is 0.407. The van der Waals surface area contributed by atoms with Gasteiger partial charge in [-0.3, -0.25) is 9.59 Å². The summed E-state index contributed by atoms with van der Waals surface area (Å²) in [6.45, 7) is 7.61. The molecule has 2 aliphatic rings. The highest BCUT2D eigenvalue weighted by Crippen LogP contribution is 2.44. The third-order valence-corrected chi connectivity index (χ3v) is 6.20. The Morgan fingerprint density at radius 2 is 1.97 bits per heavy atom. The van der Waals surface area contributed by atoms with Gasteiger partial charge in [0.15, 0.2) is 0 Å². The summed E-state index contributed by atoms with van der Waals surface area (Å²) >= 11 is 0. The fourth-order valence-electron chi connectivity index (χ4n) is 4.48. The molecule has 2 aromatic carbocycles. The average Bonchev–Trinajstić information content (AvgIpc) is 3.07. The Hall–Kier alpha value is -3.48. The van der Waals surface area contributed by atoms with Crippen molar-refractivity contribution in [3.63, 3.8) is 0 Å². The van der Waals surface area contributed by atoms with Crippen LogP contribution in [0.2, 0.25) is 0 Å². The lowest BCUT2D eigenvalue weighted by atomic mass is 9.94. The van der Waals surface area contributed by atoms with Gasteiger partial charge in [-0.15, -0.1) is 0 Å². The number of amides is 1. The van der Waals surface area contributed by atoms with E-state index in [0.717, 1.165) is 30.8 Å². The van der Waals surface area contributed by atoms with E-state index >= 15 is 0 Å². The van der Waals surface area contributed by atoms with E-state index in [1.54, 1.807) is 23.1 Å². The van der Waals surface area contributed by atoms with Crippen molar-refractivity contribution in [3.8, 4) is 11.5 Å². The number of fused-ring (bicyclic) bond motifs is 1. The van der Waals surface area contributed by atoms with Gasteiger partial charge in [0.05, 0.1) is 30.0 Å². The Bertz CT molecular complexity index is 1120. The first-order valence-electron chi connectivity index (χ1n) is 11.9. The van der Waals surface area contributed by atoms with E-state index in [0.29, 0.717) is 30.0 Å². The second kappa shape index (κ2) is 9.79. The van der Waals surface area contributed by atoms with Crippen molar-refractivity contribution >= 4 is 23.1 Å². The molecule has 7 nitrogen and oxygen atoms in total. The molecule has 1 atom stereocenters. The molecule has 1 N–H and O–H groups in total. The first-order valence-corrected chi connectivity index (χ1v) is 11.9. The molecule has 0 radical (unpaired) electrons. The van der Waals surface area contributed by atoms with E-state index in [1.807, 2.05) is 57.0 Å². The number of rotatable bonds is 7. The number of likely N-dealkylation sites (N-methyl/N-ethyl adjacent to an activating group) is 1. The van der Waals surface area contributed by atoms with Crippen molar-refractivity contribution < 1.29 is 24.2 Å². The molecule has 0 aliphatic carbocycles. The fourth-order valence-corrected chi connectivity index (χ4v) is 4.48. The van der Waals surface area contributed by atoms with E-state index in [-0.39, 0.29) is 17.4 Å². The molecule has 1 amide bonds. The minimum absolute atomic E-state index is 0.0836. The van der Waals surface area contributed by atoms with E-state index in [9.17, 15) is 14.7 Å². The maximum Gasteiger partial charge on any atom is 0.295 e. The number of hydrogen-bond acceptors (Lipinski definition) is 6. The topological polar surface area (TPSA) is 79.3 Å². The Kier molecular flexibility index (Phi) is 6.82. The molecule has 1 fully saturated rings. The van der Waals surface area contributed by atoms with Gasteiger partial charge in [-0.1, -0.05) is 31.5 Å². The van der Waals surface area contributed by atoms with Gasteiger partial charge in [-0.05, 0) is 44.5 Å². The first kappa shape index (κ1) is 23.7. The van der Waals surface area contributed by atoms with E-state index in [4.69, 9.17) is 9.47 Å². The number of Topliss-reactive ketones (excluding diaryl/α,β-unsaturated/α-hetero) is 1. The summed E-state index contributed by atoms with van der Waals surface area (Å²) < 4.78 is 11.7. The van der Waals surface area contributed by atoms with Crippen LogP contribution in [0.1, 0.15) is 50.8 Å². The van der Waals surface area contributed by atoms with Crippen LogP contribution >= 0.6 is 0 Å². The molecule has 2 heterocycles. The quantitative estimate of drug-likeness (QED) is 0.369. The molecular formula is C27H32N2O5. The molecular weight excluding hydrogens is 432 g/mol. The van der Waals surface area contributed by atoms with Crippen LogP contribution in [-0.4, -0.2) is 54.5 Å². The molecule has 34 heavy (non-hydrogen) atoms. The highest BCUT2D eigenvalue weighted by atomic mass is 16.5. The molecule has 0 spiro atoms. The van der Waals surface area contributed by atoms with Gasteiger partial charge in [-0.2, -0.15) is 0 Å². The molecule has 4 rings (SSSR count). The number of aliphatic hydroxyl groups is 1. The van der Waals surface area contributed by atoms with Crippen molar-refractivity contribution in [2.75, 3.05) is 31.6 Å². The smallest absolute Gasteiger partial charge is 0.295 e. The number of carbonyl (C=O) groups excluding carboxylic acids is 2. The highest BCUT2D eigenvalue weighted by Gasteiger charge is 2.46. The number of benzene rings is 2. The lowest BCUT2D eigenvalue weighted by molar-refractivity contribution is -0.139. The Balaban J connectivity index is 1.87. The molecule has 1 saturated heterocycles. The van der Waals surface area contributed by atoms with Crippen LogP contribution in [-0.2, 0) is 9.59 Å². The van der Waals surface area contributed by atoms with Gasteiger partial charge in [0.1, 0.15) is 23.9 Å². The number of ether oxygens (including phenoxy) is 2. The largest absolute Gasteiger partial charge is 0.507 e. The molecule has 1 unspecified atom stereocenters. The van der Waals surface area contributed by atoms with Gasteiger partial charge in [0.2, 0.25) is 0 Å². The van der Waals surface area contributed by atoms with Gasteiger partial charge in [-0.25, -0.2) is 0 Å². The summed E-state index contributed by atoms with van der Waals surface area (Å²) in [6.07, 6.45) is 1.53. The summed E-state index contributed by atoms with van der Waals surface area (Å²) in [7, 11) is 1.95. The highest BCUT2D eigenvalue weighted by molar-refractivity contribution is 6.46. The van der Waals surface area contributed by atoms with Gasteiger partial charge in [0.25, 0.3) is 11.7 Å². The standard InChI is InChI=1S/C27H32N2O5/c1-5-6-13-29-24(19-9-7-8-10-21(19)34-17(2)3)23(26(31)27(29)32)25(30)18-11-12-22-20(16-18)28(4)14-15-33-22/h7-12,16-17,24,30H,5-6,13-15H2,1-4H3/b25-23+. The summed E-state index contributed by atoms with van der Waals surface area (Å²) in [4.78, 5) is 30.0. The lowest BCUT2D eigenvalue weighted by Crippen LogP contribution is -2.31. The Morgan fingerprint density at radius 1 is 1.21 bits per heavy atom. The van der Waals surface area contributed by atoms with Crippen LogP contribution in [0.4, 0.5) is 5.69 Å². The molecule has 2 aromatic rings. The molecule has 180 valence electrons. The average molecular weight is 465 g/mol. The predicted molar refractivity (Wildman–Crippen MR) is 131 cm³/mol. The van der Waals surface area contributed by atoms with Crippen LogP contribution < -0.4 is 14.4 Å². The second-order valence-corrected chi connectivity index (χ2v) is 9.00. The van der Waals surface area contributed by atoms with Crippen LogP contribution in [0, 0.1) is 0 Å². The monoisotopic (exact) mass is 464 g/mol. The summed E-state index contributed by atoms with van der Waals surface area (Å²) in [6, 6.07) is 12.0. The van der Waals surface area contributed by atoms with E-state index in [1.165, 1.54) is 0 Å². The number of likely N-dealkylation sites (tertiary alicyclic amines) is 1. The van der Waals surface area contributed by atoms with E-state index < -0.39 is 17.7 Å². The Labute approximate surface area is 200 Å². The second-order valence-electron chi connectivity index (χ2n) is 9.00. The van der Waals surface area contributed by atoms with Crippen molar-refractivity contribution in [1.82, 2.24) is 4.90 Å². The van der Waals surface area contributed by atoms with Crippen LogP contribution in [0.5, 0.6) is 11.5 Å². The predicted octanol–water partition coefficient (Wildman–Crippen LogP) is 4.52. The van der Waals surface area contributed by atoms with Gasteiger partial charge in [0, 0.05) is 24.7 Å².